The molecule has 0 radical (unpaired) electrons. The van der Waals surface area contributed by atoms with E-state index in [0.717, 1.165) is 21.9 Å². The highest BCUT2D eigenvalue weighted by molar-refractivity contribution is 6.35. The van der Waals surface area contributed by atoms with Crippen LogP contribution in [0.4, 0.5) is 0 Å². The summed E-state index contributed by atoms with van der Waals surface area (Å²) < 4.78 is 5.92. The van der Waals surface area contributed by atoms with E-state index in [4.69, 9.17) is 27.9 Å². The second-order valence-corrected chi connectivity index (χ2v) is 5.50. The first kappa shape index (κ1) is 14.1. The molecule has 21 heavy (non-hydrogen) atoms. The van der Waals surface area contributed by atoms with Gasteiger partial charge in [0.2, 0.25) is 5.88 Å². The predicted octanol–water partition coefficient (Wildman–Crippen LogP) is 5.35. The number of benzene rings is 2. The van der Waals surface area contributed by atoms with Crippen LogP contribution in [0.3, 0.4) is 0 Å². The quantitative estimate of drug-likeness (QED) is 0.639. The molecule has 0 N–H and O–H groups in total. The van der Waals surface area contributed by atoms with Gasteiger partial charge in [-0.25, -0.2) is 0 Å². The van der Waals surface area contributed by atoms with Crippen LogP contribution in [-0.2, 0) is 0 Å². The second kappa shape index (κ2) is 5.51. The molecule has 0 aliphatic carbocycles. The highest BCUT2D eigenvalue weighted by atomic mass is 35.5. The number of ether oxygens (including phenoxy) is 1. The highest BCUT2D eigenvalue weighted by Gasteiger charge is 2.12. The van der Waals surface area contributed by atoms with Crippen molar-refractivity contribution >= 4 is 34.0 Å². The van der Waals surface area contributed by atoms with Crippen LogP contribution in [0.2, 0.25) is 10.2 Å². The maximum Gasteiger partial charge on any atom is 0.242 e. The van der Waals surface area contributed by atoms with Crippen molar-refractivity contribution in [1.29, 1.82) is 0 Å². The zero-order valence-corrected chi connectivity index (χ0v) is 13.0. The molecule has 3 aromatic rings. The minimum Gasteiger partial charge on any atom is -0.437 e. The van der Waals surface area contributed by atoms with Crippen LogP contribution < -0.4 is 4.74 Å². The van der Waals surface area contributed by atoms with Gasteiger partial charge in [0.05, 0.1) is 0 Å². The zero-order valence-electron chi connectivity index (χ0n) is 11.5. The van der Waals surface area contributed by atoms with Crippen molar-refractivity contribution < 1.29 is 4.74 Å². The monoisotopic (exact) mass is 318 g/mol. The Labute approximate surface area is 132 Å². The summed E-state index contributed by atoms with van der Waals surface area (Å²) in [5.41, 5.74) is 1.73. The lowest BCUT2D eigenvalue weighted by Gasteiger charge is -2.12. The molecule has 1 heterocycles. The van der Waals surface area contributed by atoms with Gasteiger partial charge >= 0.3 is 0 Å². The van der Waals surface area contributed by atoms with Gasteiger partial charge in [0, 0.05) is 21.4 Å². The molecule has 106 valence electrons. The van der Waals surface area contributed by atoms with E-state index >= 15 is 0 Å². The third-order valence-electron chi connectivity index (χ3n) is 3.46. The molecule has 2 aromatic carbocycles. The van der Waals surface area contributed by atoms with Gasteiger partial charge in [-0.05, 0) is 31.5 Å². The maximum atomic E-state index is 6.21. The standard InChI is InChI=1S/C16H12Cl2N2O/c1-9-10(2)16(20-19-15(9)18)21-14-8-7-13(17)11-5-3-4-6-12(11)14/h3-8H,1-2H3. The zero-order chi connectivity index (χ0) is 15.0. The van der Waals surface area contributed by atoms with Crippen molar-refractivity contribution in [1.82, 2.24) is 10.2 Å². The van der Waals surface area contributed by atoms with Gasteiger partial charge in [-0.15, -0.1) is 10.2 Å². The minimum absolute atomic E-state index is 0.390. The molecule has 0 fully saturated rings. The number of fused-ring (bicyclic) bond motifs is 1. The Morgan fingerprint density at radius 1 is 0.857 bits per heavy atom. The summed E-state index contributed by atoms with van der Waals surface area (Å²) in [4.78, 5) is 0. The Hall–Kier alpha value is -1.84. The third kappa shape index (κ3) is 2.55. The van der Waals surface area contributed by atoms with Crippen LogP contribution in [0.5, 0.6) is 11.6 Å². The number of hydrogen-bond donors (Lipinski definition) is 0. The average molecular weight is 319 g/mol. The molecule has 3 rings (SSSR count). The summed E-state index contributed by atoms with van der Waals surface area (Å²) in [6.45, 7) is 3.79. The molecule has 0 aliphatic heterocycles. The Kier molecular flexibility index (Phi) is 3.70. The van der Waals surface area contributed by atoms with Crippen molar-refractivity contribution in [3.8, 4) is 11.6 Å². The molecule has 0 bridgehead atoms. The molecule has 0 unspecified atom stereocenters. The fraction of sp³-hybridized carbons (Fsp3) is 0.125. The van der Waals surface area contributed by atoms with Crippen LogP contribution in [0, 0.1) is 13.8 Å². The summed E-state index contributed by atoms with van der Waals surface area (Å²) in [5, 5.41) is 10.9. The van der Waals surface area contributed by atoms with E-state index in [-0.39, 0.29) is 0 Å². The molecule has 0 saturated heterocycles. The summed E-state index contributed by atoms with van der Waals surface area (Å²) in [7, 11) is 0. The SMILES string of the molecule is Cc1c(Cl)nnc(Oc2ccc(Cl)c3ccccc23)c1C. The summed E-state index contributed by atoms with van der Waals surface area (Å²) in [5.74, 6) is 1.14. The number of aromatic nitrogens is 2. The second-order valence-electron chi connectivity index (χ2n) is 4.74. The fourth-order valence-corrected chi connectivity index (χ4v) is 2.49. The lowest BCUT2D eigenvalue weighted by atomic mass is 10.1. The van der Waals surface area contributed by atoms with Gasteiger partial charge in [0.15, 0.2) is 5.15 Å². The number of hydrogen-bond acceptors (Lipinski definition) is 3. The first-order valence-corrected chi connectivity index (χ1v) is 7.18. The molecular formula is C16H12Cl2N2O. The van der Waals surface area contributed by atoms with E-state index in [0.29, 0.717) is 21.8 Å². The molecule has 0 atom stereocenters. The first-order valence-electron chi connectivity index (χ1n) is 6.42. The predicted molar refractivity (Wildman–Crippen MR) is 85.5 cm³/mol. The van der Waals surface area contributed by atoms with Crippen molar-refractivity contribution in [2.75, 3.05) is 0 Å². The van der Waals surface area contributed by atoms with Crippen molar-refractivity contribution in [3.05, 3.63) is 57.7 Å². The van der Waals surface area contributed by atoms with Crippen LogP contribution in [0.15, 0.2) is 36.4 Å². The van der Waals surface area contributed by atoms with Crippen LogP contribution in [-0.4, -0.2) is 10.2 Å². The van der Waals surface area contributed by atoms with Crippen molar-refractivity contribution in [2.24, 2.45) is 0 Å². The topological polar surface area (TPSA) is 35.0 Å². The molecule has 5 heteroatoms. The van der Waals surface area contributed by atoms with Gasteiger partial charge in [-0.2, -0.15) is 0 Å². The number of nitrogens with zero attached hydrogens (tertiary/aromatic N) is 2. The molecular weight excluding hydrogens is 307 g/mol. The van der Waals surface area contributed by atoms with Crippen molar-refractivity contribution in [3.63, 3.8) is 0 Å². The van der Waals surface area contributed by atoms with Crippen molar-refractivity contribution in [2.45, 2.75) is 13.8 Å². The summed E-state index contributed by atoms with van der Waals surface area (Å²) in [6, 6.07) is 11.4. The van der Waals surface area contributed by atoms with E-state index < -0.39 is 0 Å². The molecule has 0 saturated carbocycles. The van der Waals surface area contributed by atoms with E-state index in [1.165, 1.54) is 0 Å². The van der Waals surface area contributed by atoms with Gasteiger partial charge in [0.25, 0.3) is 0 Å². The summed E-state index contributed by atoms with van der Waals surface area (Å²) in [6.07, 6.45) is 0. The highest BCUT2D eigenvalue weighted by Crippen LogP contribution is 2.35. The Balaban J connectivity index is 2.11. The molecule has 0 spiro atoms. The van der Waals surface area contributed by atoms with Gasteiger partial charge in [-0.1, -0.05) is 47.5 Å². The van der Waals surface area contributed by atoms with Crippen LogP contribution in [0.1, 0.15) is 11.1 Å². The molecule has 3 nitrogen and oxygen atoms in total. The first-order chi connectivity index (χ1) is 10.1. The third-order valence-corrected chi connectivity index (χ3v) is 4.15. The Morgan fingerprint density at radius 2 is 1.57 bits per heavy atom. The van der Waals surface area contributed by atoms with E-state index in [2.05, 4.69) is 10.2 Å². The van der Waals surface area contributed by atoms with E-state index in [1.807, 2.05) is 50.2 Å². The number of halogens is 2. The van der Waals surface area contributed by atoms with Crippen LogP contribution in [0.25, 0.3) is 10.8 Å². The van der Waals surface area contributed by atoms with Gasteiger partial charge < -0.3 is 4.74 Å². The van der Waals surface area contributed by atoms with Gasteiger partial charge in [-0.3, -0.25) is 0 Å². The lowest BCUT2D eigenvalue weighted by molar-refractivity contribution is 0.455. The van der Waals surface area contributed by atoms with Gasteiger partial charge in [0.1, 0.15) is 5.75 Å². The largest absolute Gasteiger partial charge is 0.437 e. The Bertz CT molecular complexity index is 834. The fourth-order valence-electron chi connectivity index (χ4n) is 2.08. The summed E-state index contributed by atoms with van der Waals surface area (Å²) >= 11 is 12.2. The van der Waals surface area contributed by atoms with E-state index in [1.54, 1.807) is 0 Å². The Morgan fingerprint density at radius 3 is 2.33 bits per heavy atom. The van der Waals surface area contributed by atoms with Crippen LogP contribution >= 0.6 is 23.2 Å². The molecule has 0 amide bonds. The number of rotatable bonds is 2. The molecule has 0 aliphatic rings. The normalized spacial score (nSPS) is 10.9. The average Bonchev–Trinajstić information content (AvgIpc) is 2.50. The maximum absolute atomic E-state index is 6.21. The molecule has 1 aromatic heterocycles. The smallest absolute Gasteiger partial charge is 0.242 e. The lowest BCUT2D eigenvalue weighted by Crippen LogP contribution is -1.98. The minimum atomic E-state index is 0.390. The van der Waals surface area contributed by atoms with E-state index in [9.17, 15) is 0 Å².